The van der Waals surface area contributed by atoms with Crippen LogP contribution in [-0.4, -0.2) is 58.1 Å². The van der Waals surface area contributed by atoms with Crippen molar-refractivity contribution in [2.45, 2.75) is 40.2 Å². The first-order chi connectivity index (χ1) is 13.5. The maximum absolute atomic E-state index is 12.9. The van der Waals surface area contributed by atoms with Gasteiger partial charge in [-0.25, -0.2) is 0 Å². The van der Waals surface area contributed by atoms with Crippen molar-refractivity contribution in [2.75, 3.05) is 26.2 Å². The van der Waals surface area contributed by atoms with Crippen molar-refractivity contribution in [3.05, 3.63) is 36.0 Å². The van der Waals surface area contributed by atoms with Crippen LogP contribution in [0.1, 0.15) is 44.0 Å². The van der Waals surface area contributed by atoms with Crippen molar-refractivity contribution in [1.82, 2.24) is 14.4 Å². The molecule has 0 atom stereocenters. The number of carbonyl (C=O) groups excluding carboxylic acids is 3. The van der Waals surface area contributed by atoms with Gasteiger partial charge < -0.3 is 14.4 Å². The maximum atomic E-state index is 12.9. The van der Waals surface area contributed by atoms with Gasteiger partial charge in [0.15, 0.2) is 0 Å². The van der Waals surface area contributed by atoms with Crippen LogP contribution in [0.25, 0.3) is 10.9 Å². The molecule has 1 aliphatic rings. The normalized spacial score (nSPS) is 15.0. The minimum absolute atomic E-state index is 0.0571. The SMILES string of the molecule is CCN(CC)C(=O)C(=O)c1cn(CC(=O)N2CCC(C)CC2)c2ccccc12. The lowest BCUT2D eigenvalue weighted by Crippen LogP contribution is -2.39. The predicted molar refractivity (Wildman–Crippen MR) is 109 cm³/mol. The third-order valence-corrected chi connectivity index (χ3v) is 5.72. The van der Waals surface area contributed by atoms with Crippen LogP contribution in [0.5, 0.6) is 0 Å². The Morgan fingerprint density at radius 3 is 2.36 bits per heavy atom. The Morgan fingerprint density at radius 1 is 1.07 bits per heavy atom. The van der Waals surface area contributed by atoms with Crippen molar-refractivity contribution in [2.24, 2.45) is 5.92 Å². The van der Waals surface area contributed by atoms with E-state index in [-0.39, 0.29) is 12.5 Å². The van der Waals surface area contributed by atoms with Gasteiger partial charge in [0.05, 0.1) is 5.56 Å². The zero-order valence-electron chi connectivity index (χ0n) is 17.0. The second kappa shape index (κ2) is 8.59. The average Bonchev–Trinajstić information content (AvgIpc) is 3.07. The van der Waals surface area contributed by atoms with Crippen LogP contribution in [0.3, 0.4) is 0 Å². The number of ketones is 1. The number of carbonyl (C=O) groups is 3. The van der Waals surface area contributed by atoms with E-state index in [1.807, 2.05) is 43.0 Å². The number of rotatable bonds is 6. The number of piperidine rings is 1. The lowest BCUT2D eigenvalue weighted by molar-refractivity contribution is -0.133. The fraction of sp³-hybridized carbons (Fsp3) is 0.500. The zero-order valence-corrected chi connectivity index (χ0v) is 17.0. The molecule has 0 radical (unpaired) electrons. The van der Waals surface area contributed by atoms with E-state index in [9.17, 15) is 14.4 Å². The van der Waals surface area contributed by atoms with Gasteiger partial charge in [-0.1, -0.05) is 25.1 Å². The first-order valence-corrected chi connectivity index (χ1v) is 10.2. The molecule has 0 aliphatic carbocycles. The second-order valence-corrected chi connectivity index (χ2v) is 7.56. The summed E-state index contributed by atoms with van der Waals surface area (Å²) >= 11 is 0. The first kappa shape index (κ1) is 20.1. The summed E-state index contributed by atoms with van der Waals surface area (Å²) in [5.41, 5.74) is 1.17. The van der Waals surface area contributed by atoms with Crippen LogP contribution in [0, 0.1) is 5.92 Å². The number of Topliss-reactive ketones (excluding diaryl/α,β-unsaturated/α-hetero) is 1. The zero-order chi connectivity index (χ0) is 20.3. The molecule has 6 heteroatoms. The van der Waals surface area contributed by atoms with Gasteiger partial charge in [0.25, 0.3) is 11.7 Å². The molecule has 2 amide bonds. The Kier molecular flexibility index (Phi) is 6.17. The second-order valence-electron chi connectivity index (χ2n) is 7.56. The average molecular weight is 383 g/mol. The number of likely N-dealkylation sites (tertiary alicyclic amines) is 1. The molecule has 0 unspecified atom stereocenters. The van der Waals surface area contributed by atoms with Crippen LogP contribution < -0.4 is 0 Å². The van der Waals surface area contributed by atoms with Crippen LogP contribution >= 0.6 is 0 Å². The van der Waals surface area contributed by atoms with Crippen molar-refractivity contribution < 1.29 is 14.4 Å². The van der Waals surface area contributed by atoms with E-state index in [1.54, 1.807) is 10.8 Å². The molecule has 1 aromatic carbocycles. The van der Waals surface area contributed by atoms with Gasteiger partial charge in [-0.3, -0.25) is 14.4 Å². The monoisotopic (exact) mass is 383 g/mol. The Balaban J connectivity index is 1.87. The first-order valence-electron chi connectivity index (χ1n) is 10.2. The highest BCUT2D eigenvalue weighted by atomic mass is 16.2. The molecule has 6 nitrogen and oxygen atoms in total. The van der Waals surface area contributed by atoms with E-state index in [1.165, 1.54) is 4.90 Å². The molecule has 1 aliphatic heterocycles. The molecule has 0 saturated carbocycles. The maximum Gasteiger partial charge on any atom is 0.295 e. The Labute approximate surface area is 166 Å². The third kappa shape index (κ3) is 3.96. The molecule has 3 rings (SSSR count). The number of hydrogen-bond acceptors (Lipinski definition) is 3. The van der Waals surface area contributed by atoms with Gasteiger partial charge in [0.2, 0.25) is 5.91 Å². The molecule has 0 N–H and O–H groups in total. The molecule has 0 spiro atoms. The van der Waals surface area contributed by atoms with Crippen molar-refractivity contribution in [3.63, 3.8) is 0 Å². The van der Waals surface area contributed by atoms with E-state index < -0.39 is 11.7 Å². The largest absolute Gasteiger partial charge is 0.341 e. The summed E-state index contributed by atoms with van der Waals surface area (Å²) in [6.45, 7) is 8.66. The van der Waals surface area contributed by atoms with Gasteiger partial charge in [0, 0.05) is 43.3 Å². The molecular formula is C22H29N3O3. The van der Waals surface area contributed by atoms with Gasteiger partial charge in [-0.2, -0.15) is 0 Å². The van der Waals surface area contributed by atoms with Crippen LogP contribution in [0.2, 0.25) is 0 Å². The van der Waals surface area contributed by atoms with Crippen LogP contribution in [0.4, 0.5) is 0 Å². The number of likely N-dealkylation sites (N-methyl/N-ethyl adjacent to an activating group) is 1. The van der Waals surface area contributed by atoms with Crippen LogP contribution in [-0.2, 0) is 16.1 Å². The minimum Gasteiger partial charge on any atom is -0.341 e. The molecular weight excluding hydrogens is 354 g/mol. The summed E-state index contributed by atoms with van der Waals surface area (Å²) in [6.07, 6.45) is 3.72. The summed E-state index contributed by atoms with van der Waals surface area (Å²) < 4.78 is 1.80. The van der Waals surface area contributed by atoms with Crippen molar-refractivity contribution in [3.8, 4) is 0 Å². The fourth-order valence-corrected chi connectivity index (χ4v) is 3.83. The van der Waals surface area contributed by atoms with E-state index in [2.05, 4.69) is 6.92 Å². The molecule has 1 aromatic heterocycles. The van der Waals surface area contributed by atoms with E-state index in [0.29, 0.717) is 30.0 Å². The summed E-state index contributed by atoms with van der Waals surface area (Å²) in [7, 11) is 0. The summed E-state index contributed by atoms with van der Waals surface area (Å²) in [4.78, 5) is 41.6. The molecule has 1 saturated heterocycles. The van der Waals surface area contributed by atoms with Gasteiger partial charge in [-0.05, 0) is 38.7 Å². The van der Waals surface area contributed by atoms with Crippen molar-refractivity contribution >= 4 is 28.5 Å². The number of benzene rings is 1. The van der Waals surface area contributed by atoms with Gasteiger partial charge in [0.1, 0.15) is 6.54 Å². The molecule has 0 bridgehead atoms. The summed E-state index contributed by atoms with van der Waals surface area (Å²) in [5, 5.41) is 0.716. The highest BCUT2D eigenvalue weighted by molar-refractivity contribution is 6.44. The highest BCUT2D eigenvalue weighted by Gasteiger charge is 2.26. The number of para-hydroxylation sites is 1. The topological polar surface area (TPSA) is 62.6 Å². The minimum atomic E-state index is -0.516. The molecule has 2 aromatic rings. The quantitative estimate of drug-likeness (QED) is 0.569. The van der Waals surface area contributed by atoms with E-state index in [0.717, 1.165) is 31.4 Å². The van der Waals surface area contributed by atoms with E-state index >= 15 is 0 Å². The Bertz CT molecular complexity index is 874. The van der Waals surface area contributed by atoms with Crippen molar-refractivity contribution in [1.29, 1.82) is 0 Å². The number of aromatic nitrogens is 1. The number of nitrogens with zero attached hydrogens (tertiary/aromatic N) is 3. The van der Waals surface area contributed by atoms with E-state index in [4.69, 9.17) is 0 Å². The molecule has 1 fully saturated rings. The lowest BCUT2D eigenvalue weighted by Gasteiger charge is -2.30. The lowest BCUT2D eigenvalue weighted by atomic mass is 9.99. The third-order valence-electron chi connectivity index (χ3n) is 5.72. The molecule has 2 heterocycles. The molecule has 28 heavy (non-hydrogen) atoms. The highest BCUT2D eigenvalue weighted by Crippen LogP contribution is 2.23. The van der Waals surface area contributed by atoms with Crippen LogP contribution in [0.15, 0.2) is 30.5 Å². The van der Waals surface area contributed by atoms with Gasteiger partial charge in [-0.15, -0.1) is 0 Å². The molecule has 150 valence electrons. The predicted octanol–water partition coefficient (Wildman–Crippen LogP) is 2.95. The number of hydrogen-bond donors (Lipinski definition) is 0. The van der Waals surface area contributed by atoms with Gasteiger partial charge >= 0.3 is 0 Å². The smallest absolute Gasteiger partial charge is 0.295 e. The Hall–Kier alpha value is -2.63. The summed E-state index contributed by atoms with van der Waals surface area (Å²) in [6, 6.07) is 7.45. The summed E-state index contributed by atoms with van der Waals surface area (Å²) in [5.74, 6) is -0.296. The fourth-order valence-electron chi connectivity index (χ4n) is 3.83. The number of fused-ring (bicyclic) bond motifs is 1. The Morgan fingerprint density at radius 2 is 1.71 bits per heavy atom. The standard InChI is InChI=1S/C22H29N3O3/c1-4-23(5-2)22(28)21(27)18-14-25(19-9-7-6-8-17(18)19)15-20(26)24-12-10-16(3)11-13-24/h6-9,14,16H,4-5,10-13,15H2,1-3H3. The number of amides is 2.